The standard InChI is InChI=1S/C14H9NO3/c15-8-12(14(17)18)6-11-5-9-3-1-2-4-10(9)7-13(11)16/h1-7,16H,(H,17,18)/b12-6-. The summed E-state index contributed by atoms with van der Waals surface area (Å²) in [7, 11) is 0. The van der Waals surface area contributed by atoms with Crippen molar-refractivity contribution in [3.8, 4) is 11.8 Å². The highest BCUT2D eigenvalue weighted by Gasteiger charge is 2.08. The number of aliphatic carboxylic acids is 1. The van der Waals surface area contributed by atoms with Crippen molar-refractivity contribution in [1.29, 1.82) is 5.26 Å². The molecule has 0 aromatic heterocycles. The van der Waals surface area contributed by atoms with Crippen LogP contribution in [0.4, 0.5) is 0 Å². The van der Waals surface area contributed by atoms with E-state index < -0.39 is 11.5 Å². The number of fused-ring (bicyclic) bond motifs is 1. The molecule has 0 bridgehead atoms. The van der Waals surface area contributed by atoms with Crippen molar-refractivity contribution < 1.29 is 15.0 Å². The third-order valence-corrected chi connectivity index (χ3v) is 2.55. The maximum Gasteiger partial charge on any atom is 0.346 e. The molecule has 2 N–H and O–H groups in total. The summed E-state index contributed by atoms with van der Waals surface area (Å²) in [6.45, 7) is 0. The first-order chi connectivity index (χ1) is 8.61. The molecular formula is C14H9NO3. The predicted molar refractivity (Wildman–Crippen MR) is 66.8 cm³/mol. The van der Waals surface area contributed by atoms with E-state index in [2.05, 4.69) is 0 Å². The highest BCUT2D eigenvalue weighted by atomic mass is 16.4. The second kappa shape index (κ2) is 4.60. The second-order valence-electron chi connectivity index (χ2n) is 3.73. The largest absolute Gasteiger partial charge is 0.507 e. The molecule has 0 aliphatic heterocycles. The normalized spacial score (nSPS) is 11.2. The Morgan fingerprint density at radius 3 is 2.39 bits per heavy atom. The number of phenols is 1. The van der Waals surface area contributed by atoms with Gasteiger partial charge in [0.1, 0.15) is 17.4 Å². The molecule has 2 aromatic rings. The van der Waals surface area contributed by atoms with Gasteiger partial charge < -0.3 is 10.2 Å². The van der Waals surface area contributed by atoms with Crippen LogP contribution < -0.4 is 0 Å². The highest BCUT2D eigenvalue weighted by Crippen LogP contribution is 2.26. The Hall–Kier alpha value is -2.80. The average Bonchev–Trinajstić information content (AvgIpc) is 2.35. The van der Waals surface area contributed by atoms with Crippen molar-refractivity contribution in [1.82, 2.24) is 0 Å². The molecule has 0 spiro atoms. The molecule has 0 fully saturated rings. The molecule has 0 atom stereocenters. The maximum absolute atomic E-state index is 10.7. The monoisotopic (exact) mass is 239 g/mol. The van der Waals surface area contributed by atoms with E-state index in [1.54, 1.807) is 12.1 Å². The fourth-order valence-electron chi connectivity index (χ4n) is 1.66. The van der Waals surface area contributed by atoms with Crippen LogP contribution in [-0.4, -0.2) is 16.2 Å². The van der Waals surface area contributed by atoms with E-state index in [4.69, 9.17) is 10.4 Å². The highest BCUT2D eigenvalue weighted by molar-refractivity contribution is 5.98. The van der Waals surface area contributed by atoms with Crippen LogP contribution in [-0.2, 0) is 4.79 Å². The summed E-state index contributed by atoms with van der Waals surface area (Å²) in [4.78, 5) is 10.7. The van der Waals surface area contributed by atoms with E-state index in [1.807, 2.05) is 24.3 Å². The van der Waals surface area contributed by atoms with Gasteiger partial charge in [-0.25, -0.2) is 4.79 Å². The van der Waals surface area contributed by atoms with Crippen LogP contribution in [0.5, 0.6) is 5.75 Å². The first-order valence-electron chi connectivity index (χ1n) is 5.18. The molecule has 0 aliphatic carbocycles. The zero-order valence-corrected chi connectivity index (χ0v) is 9.29. The van der Waals surface area contributed by atoms with Crippen molar-refractivity contribution in [2.24, 2.45) is 0 Å². The number of nitrogens with zero attached hydrogens (tertiary/aromatic N) is 1. The fraction of sp³-hybridized carbons (Fsp3) is 0. The average molecular weight is 239 g/mol. The predicted octanol–water partition coefficient (Wildman–Crippen LogP) is 2.54. The van der Waals surface area contributed by atoms with Crippen LogP contribution in [0.2, 0.25) is 0 Å². The molecule has 2 rings (SSSR count). The smallest absolute Gasteiger partial charge is 0.346 e. The molecule has 4 heteroatoms. The molecule has 0 saturated carbocycles. The molecule has 0 heterocycles. The molecule has 4 nitrogen and oxygen atoms in total. The lowest BCUT2D eigenvalue weighted by atomic mass is 10.0. The van der Waals surface area contributed by atoms with Crippen LogP contribution in [0.3, 0.4) is 0 Å². The molecule has 0 amide bonds. The minimum Gasteiger partial charge on any atom is -0.507 e. The van der Waals surface area contributed by atoms with E-state index in [9.17, 15) is 9.90 Å². The molecule has 0 unspecified atom stereocenters. The van der Waals surface area contributed by atoms with Gasteiger partial charge in [0.2, 0.25) is 0 Å². The summed E-state index contributed by atoms with van der Waals surface area (Å²) >= 11 is 0. The van der Waals surface area contributed by atoms with E-state index in [-0.39, 0.29) is 5.75 Å². The summed E-state index contributed by atoms with van der Waals surface area (Å²) < 4.78 is 0. The van der Waals surface area contributed by atoms with Gasteiger partial charge in [-0.05, 0) is 29.0 Å². The van der Waals surface area contributed by atoms with Crippen LogP contribution in [0.15, 0.2) is 42.0 Å². The number of rotatable bonds is 2. The summed E-state index contributed by atoms with van der Waals surface area (Å²) in [5.41, 5.74) is -0.103. The molecule has 2 aromatic carbocycles. The van der Waals surface area contributed by atoms with Gasteiger partial charge in [-0.2, -0.15) is 5.26 Å². The molecule has 18 heavy (non-hydrogen) atoms. The van der Waals surface area contributed by atoms with E-state index in [1.165, 1.54) is 6.07 Å². The van der Waals surface area contributed by atoms with E-state index in [0.29, 0.717) is 5.56 Å². The zero-order valence-electron chi connectivity index (χ0n) is 9.29. The van der Waals surface area contributed by atoms with Crippen molar-refractivity contribution in [3.05, 3.63) is 47.5 Å². The lowest BCUT2D eigenvalue weighted by Crippen LogP contribution is -1.97. The van der Waals surface area contributed by atoms with Crippen LogP contribution in [0.1, 0.15) is 5.56 Å². The lowest BCUT2D eigenvalue weighted by molar-refractivity contribution is -0.132. The molecule has 0 saturated heterocycles. The van der Waals surface area contributed by atoms with Gasteiger partial charge in [-0.15, -0.1) is 0 Å². The van der Waals surface area contributed by atoms with Crippen LogP contribution in [0, 0.1) is 11.3 Å². The molecular weight excluding hydrogens is 230 g/mol. The Morgan fingerprint density at radius 1 is 1.22 bits per heavy atom. The van der Waals surface area contributed by atoms with Gasteiger partial charge in [0.05, 0.1) is 0 Å². The number of phenolic OH excluding ortho intramolecular Hbond substituents is 1. The zero-order chi connectivity index (χ0) is 13.1. The third-order valence-electron chi connectivity index (χ3n) is 2.55. The Bertz CT molecular complexity index is 696. The van der Waals surface area contributed by atoms with Crippen molar-refractivity contribution in [2.45, 2.75) is 0 Å². The van der Waals surface area contributed by atoms with Crippen molar-refractivity contribution in [2.75, 3.05) is 0 Å². The SMILES string of the molecule is N#C/C(=C/c1cc2ccccc2cc1O)C(=O)O. The van der Waals surface area contributed by atoms with Gasteiger partial charge >= 0.3 is 5.97 Å². The topological polar surface area (TPSA) is 81.3 Å². The first-order valence-corrected chi connectivity index (χ1v) is 5.18. The summed E-state index contributed by atoms with van der Waals surface area (Å²) in [6, 6.07) is 12.1. The number of hydrogen-bond donors (Lipinski definition) is 2. The van der Waals surface area contributed by atoms with Gasteiger partial charge in [-0.1, -0.05) is 24.3 Å². The number of nitriles is 1. The first kappa shape index (κ1) is 11.7. The Morgan fingerprint density at radius 2 is 1.83 bits per heavy atom. The lowest BCUT2D eigenvalue weighted by Gasteiger charge is -2.03. The minimum absolute atomic E-state index is 0.0531. The van der Waals surface area contributed by atoms with Crippen LogP contribution in [0.25, 0.3) is 16.8 Å². The summed E-state index contributed by atoms with van der Waals surface area (Å²) in [6.07, 6.45) is 1.16. The van der Waals surface area contributed by atoms with Gasteiger partial charge in [0.15, 0.2) is 0 Å². The Balaban J connectivity index is 2.62. The molecule has 0 aliphatic rings. The van der Waals surface area contributed by atoms with Gasteiger partial charge in [0, 0.05) is 5.56 Å². The number of carboxylic acids is 1. The number of aromatic hydroxyl groups is 1. The van der Waals surface area contributed by atoms with Crippen LogP contribution >= 0.6 is 0 Å². The number of benzene rings is 2. The number of hydrogen-bond acceptors (Lipinski definition) is 3. The quantitative estimate of drug-likeness (QED) is 0.623. The number of carbonyl (C=O) groups is 1. The fourth-order valence-corrected chi connectivity index (χ4v) is 1.66. The molecule has 88 valence electrons. The summed E-state index contributed by atoms with van der Waals surface area (Å²) in [5, 5.41) is 28.9. The Labute approximate surface area is 103 Å². The molecule has 0 radical (unpaired) electrons. The number of carboxylic acid groups (broad SMARTS) is 1. The van der Waals surface area contributed by atoms with Crippen molar-refractivity contribution >= 4 is 22.8 Å². The van der Waals surface area contributed by atoms with E-state index >= 15 is 0 Å². The van der Waals surface area contributed by atoms with Gasteiger partial charge in [0.25, 0.3) is 0 Å². The van der Waals surface area contributed by atoms with Gasteiger partial charge in [-0.3, -0.25) is 0 Å². The second-order valence-corrected chi connectivity index (χ2v) is 3.73. The summed E-state index contributed by atoms with van der Waals surface area (Å²) in [5.74, 6) is -1.37. The maximum atomic E-state index is 10.7. The van der Waals surface area contributed by atoms with Crippen molar-refractivity contribution in [3.63, 3.8) is 0 Å². The Kier molecular flexibility index (Phi) is 2.98. The minimum atomic E-state index is -1.31. The van der Waals surface area contributed by atoms with E-state index in [0.717, 1.165) is 16.8 Å². The third kappa shape index (κ3) is 2.15.